The monoisotopic (exact) mass is 301 g/mol. The van der Waals surface area contributed by atoms with E-state index in [1.807, 2.05) is 6.07 Å². The van der Waals surface area contributed by atoms with Crippen LogP contribution in [0.25, 0.3) is 0 Å². The van der Waals surface area contributed by atoms with Crippen LogP contribution in [0.4, 0.5) is 15.9 Å². The minimum absolute atomic E-state index is 0.160. The Kier molecular flexibility index (Phi) is 4.24. The molecule has 1 saturated heterocycles. The quantitative estimate of drug-likeness (QED) is 0.893. The molecule has 0 radical (unpaired) electrons. The highest BCUT2D eigenvalue weighted by Gasteiger charge is 2.12. The maximum absolute atomic E-state index is 13.1. The molecule has 1 amide bonds. The maximum atomic E-state index is 13.1. The Morgan fingerprint density at radius 1 is 1.23 bits per heavy atom. The molecule has 2 aromatic rings. The second-order valence-corrected chi connectivity index (χ2v) is 4.98. The molecule has 2 N–H and O–H groups in total. The normalized spacial score (nSPS) is 14.7. The third kappa shape index (κ3) is 3.37. The van der Waals surface area contributed by atoms with Crippen molar-refractivity contribution in [1.29, 1.82) is 0 Å². The Hall–Kier alpha value is -2.54. The maximum Gasteiger partial charge on any atom is 0.258 e. The second-order valence-electron chi connectivity index (χ2n) is 4.98. The molecular formula is C15H16FN5O. The number of carbonyl (C=O) groups is 1. The van der Waals surface area contributed by atoms with Gasteiger partial charge in [0.05, 0.1) is 23.6 Å². The van der Waals surface area contributed by atoms with Crippen LogP contribution < -0.4 is 15.5 Å². The zero-order chi connectivity index (χ0) is 15.4. The number of nitrogens with zero attached hydrogens (tertiary/aromatic N) is 3. The van der Waals surface area contributed by atoms with Crippen molar-refractivity contribution in [2.75, 3.05) is 36.4 Å². The lowest BCUT2D eigenvalue weighted by Crippen LogP contribution is -2.43. The standard InChI is InChI=1S/C15H16FN5O/c16-12-7-11(8-18-9-12)15(22)20-14-2-1-13(10-19-14)21-5-3-17-4-6-21/h1-2,7-10,17H,3-6H2,(H,19,20,22). The number of hydrogen-bond acceptors (Lipinski definition) is 5. The van der Waals surface area contributed by atoms with E-state index in [-0.39, 0.29) is 5.56 Å². The highest BCUT2D eigenvalue weighted by molar-refractivity contribution is 6.03. The number of halogens is 1. The minimum Gasteiger partial charge on any atom is -0.368 e. The van der Waals surface area contributed by atoms with E-state index in [4.69, 9.17) is 0 Å². The van der Waals surface area contributed by atoms with Crippen LogP contribution in [0.3, 0.4) is 0 Å². The molecule has 7 heteroatoms. The lowest BCUT2D eigenvalue weighted by molar-refractivity contribution is 0.102. The average molecular weight is 301 g/mol. The zero-order valence-electron chi connectivity index (χ0n) is 11.9. The van der Waals surface area contributed by atoms with Gasteiger partial charge in [0, 0.05) is 32.4 Å². The van der Waals surface area contributed by atoms with Gasteiger partial charge in [0.1, 0.15) is 11.6 Å². The van der Waals surface area contributed by atoms with E-state index in [2.05, 4.69) is 25.5 Å². The lowest BCUT2D eigenvalue weighted by Gasteiger charge is -2.29. The summed E-state index contributed by atoms with van der Waals surface area (Å²) in [5, 5.41) is 5.92. The van der Waals surface area contributed by atoms with Crippen LogP contribution in [-0.4, -0.2) is 42.1 Å². The van der Waals surface area contributed by atoms with Crippen molar-refractivity contribution < 1.29 is 9.18 Å². The van der Waals surface area contributed by atoms with Crippen molar-refractivity contribution in [1.82, 2.24) is 15.3 Å². The van der Waals surface area contributed by atoms with Crippen molar-refractivity contribution in [2.24, 2.45) is 0 Å². The predicted molar refractivity (Wildman–Crippen MR) is 81.5 cm³/mol. The summed E-state index contributed by atoms with van der Waals surface area (Å²) in [6.07, 6.45) is 4.09. The van der Waals surface area contributed by atoms with Gasteiger partial charge in [0.15, 0.2) is 0 Å². The molecule has 6 nitrogen and oxygen atoms in total. The summed E-state index contributed by atoms with van der Waals surface area (Å²) in [6, 6.07) is 4.79. The average Bonchev–Trinajstić information content (AvgIpc) is 2.56. The fourth-order valence-electron chi connectivity index (χ4n) is 2.29. The zero-order valence-corrected chi connectivity index (χ0v) is 11.9. The van der Waals surface area contributed by atoms with Crippen LogP contribution in [-0.2, 0) is 0 Å². The molecular weight excluding hydrogens is 285 g/mol. The van der Waals surface area contributed by atoms with Gasteiger partial charge in [-0.3, -0.25) is 9.78 Å². The van der Waals surface area contributed by atoms with Crippen LogP contribution in [0.5, 0.6) is 0 Å². The van der Waals surface area contributed by atoms with Gasteiger partial charge in [0.25, 0.3) is 5.91 Å². The molecule has 0 spiro atoms. The summed E-state index contributed by atoms with van der Waals surface area (Å²) in [5.41, 5.74) is 1.18. The van der Waals surface area contributed by atoms with E-state index in [0.717, 1.165) is 44.1 Å². The van der Waals surface area contributed by atoms with Crippen LogP contribution in [0.1, 0.15) is 10.4 Å². The molecule has 1 aliphatic heterocycles. The molecule has 0 aromatic carbocycles. The Bertz CT molecular complexity index is 655. The summed E-state index contributed by atoms with van der Waals surface area (Å²) in [6.45, 7) is 3.76. The highest BCUT2D eigenvalue weighted by Crippen LogP contribution is 2.16. The van der Waals surface area contributed by atoms with E-state index >= 15 is 0 Å². The third-order valence-electron chi connectivity index (χ3n) is 3.44. The summed E-state index contributed by atoms with van der Waals surface area (Å²) in [7, 11) is 0. The first-order valence-corrected chi connectivity index (χ1v) is 7.06. The molecule has 114 valence electrons. The van der Waals surface area contributed by atoms with Crippen molar-refractivity contribution in [3.8, 4) is 0 Å². The summed E-state index contributed by atoms with van der Waals surface area (Å²) < 4.78 is 13.1. The molecule has 0 saturated carbocycles. The van der Waals surface area contributed by atoms with Gasteiger partial charge in [-0.1, -0.05) is 0 Å². The number of rotatable bonds is 3. The number of carbonyl (C=O) groups excluding carboxylic acids is 1. The number of pyridine rings is 2. The number of nitrogens with one attached hydrogen (secondary N) is 2. The summed E-state index contributed by atoms with van der Waals surface area (Å²) in [4.78, 5) is 22.1. The smallest absolute Gasteiger partial charge is 0.258 e. The topological polar surface area (TPSA) is 70.2 Å². The number of anilines is 2. The first-order valence-electron chi connectivity index (χ1n) is 7.06. The van der Waals surface area contributed by atoms with Gasteiger partial charge in [0.2, 0.25) is 0 Å². The number of aromatic nitrogens is 2. The van der Waals surface area contributed by atoms with E-state index < -0.39 is 11.7 Å². The van der Waals surface area contributed by atoms with Gasteiger partial charge >= 0.3 is 0 Å². The van der Waals surface area contributed by atoms with Crippen molar-refractivity contribution in [3.63, 3.8) is 0 Å². The molecule has 3 rings (SSSR count). The second kappa shape index (κ2) is 6.48. The highest BCUT2D eigenvalue weighted by atomic mass is 19.1. The summed E-state index contributed by atoms with van der Waals surface area (Å²) >= 11 is 0. The van der Waals surface area contributed by atoms with E-state index in [1.54, 1.807) is 12.3 Å². The number of amides is 1. The van der Waals surface area contributed by atoms with Crippen LogP contribution in [0.2, 0.25) is 0 Å². The van der Waals surface area contributed by atoms with Gasteiger partial charge in [-0.05, 0) is 18.2 Å². The number of hydrogen-bond donors (Lipinski definition) is 2. The van der Waals surface area contributed by atoms with Crippen LogP contribution >= 0.6 is 0 Å². The Morgan fingerprint density at radius 3 is 2.73 bits per heavy atom. The van der Waals surface area contributed by atoms with E-state index in [0.29, 0.717) is 5.82 Å². The lowest BCUT2D eigenvalue weighted by atomic mass is 10.2. The molecule has 1 aliphatic rings. The fraction of sp³-hybridized carbons (Fsp3) is 0.267. The molecule has 1 fully saturated rings. The minimum atomic E-state index is -0.547. The van der Waals surface area contributed by atoms with Crippen molar-refractivity contribution in [3.05, 3.63) is 48.2 Å². The van der Waals surface area contributed by atoms with Crippen LogP contribution in [0, 0.1) is 5.82 Å². The van der Waals surface area contributed by atoms with Gasteiger partial charge < -0.3 is 15.5 Å². The number of piperazine rings is 1. The van der Waals surface area contributed by atoms with Gasteiger partial charge in [-0.15, -0.1) is 0 Å². The molecule has 0 unspecified atom stereocenters. The molecule has 0 aliphatic carbocycles. The first-order chi connectivity index (χ1) is 10.7. The van der Waals surface area contributed by atoms with Gasteiger partial charge in [-0.2, -0.15) is 0 Å². The third-order valence-corrected chi connectivity index (χ3v) is 3.44. The molecule has 0 bridgehead atoms. The Morgan fingerprint density at radius 2 is 2.05 bits per heavy atom. The first kappa shape index (κ1) is 14.4. The molecule has 2 aromatic heterocycles. The van der Waals surface area contributed by atoms with E-state index in [9.17, 15) is 9.18 Å². The Balaban J connectivity index is 1.66. The SMILES string of the molecule is O=C(Nc1ccc(N2CCNCC2)cn1)c1cncc(F)c1. The fourth-order valence-corrected chi connectivity index (χ4v) is 2.29. The predicted octanol–water partition coefficient (Wildman–Crippen LogP) is 1.28. The van der Waals surface area contributed by atoms with Crippen LogP contribution in [0.15, 0.2) is 36.8 Å². The van der Waals surface area contributed by atoms with Crippen molar-refractivity contribution >= 4 is 17.4 Å². The van der Waals surface area contributed by atoms with E-state index in [1.165, 1.54) is 6.20 Å². The molecule has 3 heterocycles. The summed E-state index contributed by atoms with van der Waals surface area (Å²) in [5.74, 6) is -0.558. The van der Waals surface area contributed by atoms with Gasteiger partial charge in [-0.25, -0.2) is 9.37 Å². The molecule has 22 heavy (non-hydrogen) atoms. The largest absolute Gasteiger partial charge is 0.368 e. The van der Waals surface area contributed by atoms with Crippen molar-refractivity contribution in [2.45, 2.75) is 0 Å². The Labute approximate surface area is 127 Å². The molecule has 0 atom stereocenters.